The SMILES string of the molecule is CCCC[C@H]1CC[C@H](c2ccc(-c3ccc(Oc4c(C)cc(P(=O)(O)O)cc4C)cc3F)c(F)c2)CC1. The van der Waals surface area contributed by atoms with Crippen LogP contribution in [0, 0.1) is 31.4 Å². The van der Waals surface area contributed by atoms with E-state index in [0.717, 1.165) is 24.3 Å². The molecule has 4 nitrogen and oxygen atoms in total. The number of hydrogen-bond donors (Lipinski definition) is 2. The Morgan fingerprint density at radius 3 is 2.03 bits per heavy atom. The van der Waals surface area contributed by atoms with Crippen LogP contribution in [-0.2, 0) is 4.57 Å². The molecule has 3 aromatic rings. The number of aryl methyl sites for hydroxylation is 2. The summed E-state index contributed by atoms with van der Waals surface area (Å²) in [6.07, 6.45) is 8.30. The molecule has 0 radical (unpaired) electrons. The van der Waals surface area contributed by atoms with Crippen molar-refractivity contribution >= 4 is 12.9 Å². The van der Waals surface area contributed by atoms with Gasteiger partial charge >= 0.3 is 7.60 Å². The second-order valence-corrected chi connectivity index (χ2v) is 11.9. The Labute approximate surface area is 217 Å². The molecule has 37 heavy (non-hydrogen) atoms. The second kappa shape index (κ2) is 11.5. The van der Waals surface area contributed by atoms with Crippen LogP contribution in [0.5, 0.6) is 11.5 Å². The molecule has 1 saturated carbocycles. The third-order valence-corrected chi connectivity index (χ3v) is 8.44. The van der Waals surface area contributed by atoms with Crippen LogP contribution in [0.1, 0.15) is 74.5 Å². The summed E-state index contributed by atoms with van der Waals surface area (Å²) in [5.74, 6) is 0.704. The molecule has 3 aromatic carbocycles. The van der Waals surface area contributed by atoms with E-state index in [1.807, 2.05) is 6.07 Å². The summed E-state index contributed by atoms with van der Waals surface area (Å²) in [6.45, 7) is 5.55. The second-order valence-electron chi connectivity index (χ2n) is 10.3. The zero-order chi connectivity index (χ0) is 26.7. The van der Waals surface area contributed by atoms with Crippen LogP contribution in [0.25, 0.3) is 11.1 Å². The Hall–Kier alpha value is -2.53. The first-order valence-corrected chi connectivity index (χ1v) is 14.6. The van der Waals surface area contributed by atoms with Gasteiger partial charge in [-0.25, -0.2) is 8.78 Å². The number of unbranched alkanes of at least 4 members (excludes halogenated alkanes) is 1. The topological polar surface area (TPSA) is 66.8 Å². The molecule has 0 spiro atoms. The molecule has 0 aromatic heterocycles. The maximum Gasteiger partial charge on any atom is 0.356 e. The molecule has 7 heteroatoms. The first-order chi connectivity index (χ1) is 17.6. The molecule has 1 aliphatic carbocycles. The maximum atomic E-state index is 15.1. The van der Waals surface area contributed by atoms with E-state index in [9.17, 15) is 14.4 Å². The summed E-state index contributed by atoms with van der Waals surface area (Å²) in [4.78, 5) is 18.9. The number of benzene rings is 3. The van der Waals surface area contributed by atoms with Crippen molar-refractivity contribution in [2.24, 2.45) is 5.92 Å². The van der Waals surface area contributed by atoms with Crippen LogP contribution < -0.4 is 10.0 Å². The summed E-state index contributed by atoms with van der Waals surface area (Å²) >= 11 is 0. The first-order valence-electron chi connectivity index (χ1n) is 13.0. The van der Waals surface area contributed by atoms with Crippen LogP contribution in [0.2, 0.25) is 0 Å². The molecule has 0 saturated heterocycles. The smallest absolute Gasteiger partial charge is 0.356 e. The van der Waals surface area contributed by atoms with Crippen LogP contribution in [0.15, 0.2) is 48.5 Å². The number of ether oxygens (including phenoxy) is 1. The Morgan fingerprint density at radius 2 is 1.49 bits per heavy atom. The normalized spacial score (nSPS) is 18.1. The third kappa shape index (κ3) is 6.49. The molecule has 0 aliphatic heterocycles. The molecule has 2 N–H and O–H groups in total. The van der Waals surface area contributed by atoms with Gasteiger partial charge in [0, 0.05) is 17.2 Å². The lowest BCUT2D eigenvalue weighted by Crippen LogP contribution is -2.13. The molecule has 0 atom stereocenters. The average Bonchev–Trinajstić information content (AvgIpc) is 2.85. The van der Waals surface area contributed by atoms with E-state index >= 15 is 8.78 Å². The van der Waals surface area contributed by atoms with Crippen molar-refractivity contribution in [3.63, 3.8) is 0 Å². The number of rotatable bonds is 8. The first kappa shape index (κ1) is 27.5. The van der Waals surface area contributed by atoms with Crippen molar-refractivity contribution in [1.29, 1.82) is 0 Å². The van der Waals surface area contributed by atoms with Gasteiger partial charge < -0.3 is 14.5 Å². The van der Waals surface area contributed by atoms with Crippen LogP contribution in [0.3, 0.4) is 0 Å². The zero-order valence-electron chi connectivity index (χ0n) is 21.6. The summed E-state index contributed by atoms with van der Waals surface area (Å²) in [5, 5.41) is -0.0974. The fraction of sp³-hybridized carbons (Fsp3) is 0.400. The quantitative estimate of drug-likeness (QED) is 0.289. The Kier molecular flexibility index (Phi) is 8.52. The highest BCUT2D eigenvalue weighted by atomic mass is 31.2. The van der Waals surface area contributed by atoms with Crippen LogP contribution in [0.4, 0.5) is 8.78 Å². The zero-order valence-corrected chi connectivity index (χ0v) is 22.5. The highest BCUT2D eigenvalue weighted by Crippen LogP contribution is 2.40. The molecule has 4 rings (SSSR count). The number of hydrogen-bond acceptors (Lipinski definition) is 2. The van der Waals surface area contributed by atoms with E-state index in [1.54, 1.807) is 32.0 Å². The summed E-state index contributed by atoms with van der Waals surface area (Å²) in [7, 11) is -4.40. The standard InChI is InChI=1S/C30H35F2O4P/c1-4-5-6-21-7-9-22(10-8-21)23-11-13-26(28(31)17-23)27-14-12-24(18-29(27)32)36-30-19(2)15-25(16-20(30)3)37(33,34)35/h11-18,21-22H,4-10H2,1-3H3,(H2,33,34,35)/t21-,22-. The monoisotopic (exact) mass is 528 g/mol. The Bertz CT molecular complexity index is 1290. The van der Waals surface area contributed by atoms with Crippen molar-refractivity contribution in [2.45, 2.75) is 71.6 Å². The Morgan fingerprint density at radius 1 is 0.892 bits per heavy atom. The van der Waals surface area contributed by atoms with E-state index in [4.69, 9.17) is 4.74 Å². The van der Waals surface area contributed by atoms with E-state index in [1.165, 1.54) is 56.4 Å². The van der Waals surface area contributed by atoms with Gasteiger partial charge in [0.2, 0.25) is 0 Å². The van der Waals surface area contributed by atoms with Crippen LogP contribution >= 0.6 is 7.60 Å². The van der Waals surface area contributed by atoms with E-state index in [-0.39, 0.29) is 22.2 Å². The van der Waals surface area contributed by atoms with Gasteiger partial charge in [0.15, 0.2) is 0 Å². The predicted octanol–water partition coefficient (Wildman–Crippen LogP) is 8.31. The van der Waals surface area contributed by atoms with Crippen molar-refractivity contribution < 1.29 is 27.9 Å². The minimum absolute atomic E-state index is 0.0974. The molecule has 0 amide bonds. The highest BCUT2D eigenvalue weighted by Gasteiger charge is 2.24. The Balaban J connectivity index is 1.49. The van der Waals surface area contributed by atoms with Gasteiger partial charge in [0.1, 0.15) is 23.1 Å². The fourth-order valence-corrected chi connectivity index (χ4v) is 6.16. The predicted molar refractivity (Wildman–Crippen MR) is 144 cm³/mol. The van der Waals surface area contributed by atoms with Gasteiger partial charge in [0.05, 0.1) is 5.30 Å². The van der Waals surface area contributed by atoms with Gasteiger partial charge in [0.25, 0.3) is 0 Å². The van der Waals surface area contributed by atoms with Gasteiger partial charge in [-0.05, 0) is 98.4 Å². The minimum Gasteiger partial charge on any atom is -0.457 e. The van der Waals surface area contributed by atoms with Gasteiger partial charge in [-0.3, -0.25) is 4.57 Å². The average molecular weight is 529 g/mol. The molecule has 0 bridgehead atoms. The lowest BCUT2D eigenvalue weighted by atomic mass is 9.77. The largest absolute Gasteiger partial charge is 0.457 e. The summed E-state index contributed by atoms with van der Waals surface area (Å²) in [6, 6.07) is 12.2. The van der Waals surface area contributed by atoms with E-state index in [0.29, 0.717) is 22.8 Å². The molecule has 0 heterocycles. The van der Waals surface area contributed by atoms with Crippen LogP contribution in [-0.4, -0.2) is 9.79 Å². The summed E-state index contributed by atoms with van der Waals surface area (Å²) in [5.41, 5.74) is 2.39. The van der Waals surface area contributed by atoms with Gasteiger partial charge in [-0.2, -0.15) is 0 Å². The third-order valence-electron chi connectivity index (χ3n) is 7.51. The maximum absolute atomic E-state index is 15.1. The highest BCUT2D eigenvalue weighted by molar-refractivity contribution is 7.60. The summed E-state index contributed by atoms with van der Waals surface area (Å²) < 4.78 is 47.7. The molecule has 1 fully saturated rings. The molecule has 1 aliphatic rings. The molecule has 0 unspecified atom stereocenters. The van der Waals surface area contributed by atoms with Crippen molar-refractivity contribution in [3.8, 4) is 22.6 Å². The van der Waals surface area contributed by atoms with Gasteiger partial charge in [-0.1, -0.05) is 38.3 Å². The molecule has 198 valence electrons. The van der Waals surface area contributed by atoms with E-state index in [2.05, 4.69) is 6.92 Å². The fourth-order valence-electron chi connectivity index (χ4n) is 5.43. The lowest BCUT2D eigenvalue weighted by molar-refractivity contribution is 0.304. The minimum atomic E-state index is -4.40. The van der Waals surface area contributed by atoms with E-state index < -0.39 is 19.2 Å². The lowest BCUT2D eigenvalue weighted by Gasteiger charge is -2.29. The van der Waals surface area contributed by atoms with Gasteiger partial charge in [-0.15, -0.1) is 0 Å². The molecular formula is C30H35F2O4P. The number of halogens is 2. The van der Waals surface area contributed by atoms with Crippen molar-refractivity contribution in [1.82, 2.24) is 0 Å². The van der Waals surface area contributed by atoms with Crippen molar-refractivity contribution in [3.05, 3.63) is 76.9 Å². The molecular weight excluding hydrogens is 493 g/mol. The van der Waals surface area contributed by atoms with Crippen molar-refractivity contribution in [2.75, 3.05) is 0 Å².